The normalized spacial score (nSPS) is 18.2. The van der Waals surface area contributed by atoms with Crippen molar-refractivity contribution in [3.8, 4) is 0 Å². The third-order valence-corrected chi connectivity index (χ3v) is 4.03. The summed E-state index contributed by atoms with van der Waals surface area (Å²) in [5.74, 6) is 1.20. The Morgan fingerprint density at radius 2 is 2.21 bits per heavy atom. The molecule has 1 saturated carbocycles. The van der Waals surface area contributed by atoms with E-state index in [-0.39, 0.29) is 5.97 Å². The Labute approximate surface area is 114 Å². The summed E-state index contributed by atoms with van der Waals surface area (Å²) < 4.78 is 10.0. The summed E-state index contributed by atoms with van der Waals surface area (Å²) >= 11 is 0. The van der Waals surface area contributed by atoms with Crippen molar-refractivity contribution in [3.05, 3.63) is 23.7 Å². The molecule has 1 aliphatic rings. The average molecular weight is 265 g/mol. The molecule has 0 saturated heterocycles. The third kappa shape index (κ3) is 3.83. The van der Waals surface area contributed by atoms with Gasteiger partial charge in [0, 0.05) is 6.04 Å². The van der Waals surface area contributed by atoms with Crippen molar-refractivity contribution in [1.82, 2.24) is 5.32 Å². The molecule has 0 radical (unpaired) electrons. The van der Waals surface area contributed by atoms with Crippen LogP contribution < -0.4 is 5.32 Å². The molecule has 1 N–H and O–H groups in total. The second-order valence-electron chi connectivity index (χ2n) is 5.36. The van der Waals surface area contributed by atoms with Gasteiger partial charge >= 0.3 is 5.97 Å². The highest BCUT2D eigenvalue weighted by molar-refractivity contribution is 5.88. The first-order valence-electron chi connectivity index (χ1n) is 7.10. The molecule has 19 heavy (non-hydrogen) atoms. The van der Waals surface area contributed by atoms with Crippen LogP contribution in [0.2, 0.25) is 0 Å². The maximum atomic E-state index is 11.3. The van der Waals surface area contributed by atoms with Gasteiger partial charge in [0.15, 0.2) is 0 Å². The van der Waals surface area contributed by atoms with E-state index in [0.29, 0.717) is 18.2 Å². The first-order chi connectivity index (χ1) is 9.20. The Hall–Kier alpha value is -1.29. The summed E-state index contributed by atoms with van der Waals surface area (Å²) in [7, 11) is 1.37. The molecule has 0 bridgehead atoms. The summed E-state index contributed by atoms with van der Waals surface area (Å²) in [5.41, 5.74) is 0.476. The average Bonchev–Trinajstić information content (AvgIpc) is 2.93. The monoisotopic (exact) mass is 265 g/mol. The smallest absolute Gasteiger partial charge is 0.341 e. The van der Waals surface area contributed by atoms with Crippen LogP contribution in [0.3, 0.4) is 0 Å². The SMILES string of the molecule is COC(=O)c1coc(CN[C@H](C)C2CCCCC2)c1. The highest BCUT2D eigenvalue weighted by Gasteiger charge is 2.20. The maximum absolute atomic E-state index is 11.3. The zero-order valence-electron chi connectivity index (χ0n) is 11.8. The van der Waals surface area contributed by atoms with E-state index < -0.39 is 0 Å². The van der Waals surface area contributed by atoms with E-state index in [1.165, 1.54) is 45.5 Å². The summed E-state index contributed by atoms with van der Waals surface area (Å²) in [4.78, 5) is 11.3. The lowest BCUT2D eigenvalue weighted by molar-refractivity contribution is 0.0600. The zero-order chi connectivity index (χ0) is 13.7. The molecule has 1 aromatic rings. The molecular formula is C15H23NO3. The van der Waals surface area contributed by atoms with Gasteiger partial charge in [-0.2, -0.15) is 0 Å². The van der Waals surface area contributed by atoms with Gasteiger partial charge in [-0.05, 0) is 31.7 Å². The molecule has 2 rings (SSSR count). The molecule has 0 unspecified atom stereocenters. The van der Waals surface area contributed by atoms with Crippen molar-refractivity contribution in [2.75, 3.05) is 7.11 Å². The van der Waals surface area contributed by atoms with Crippen LogP contribution in [0.4, 0.5) is 0 Å². The number of furan rings is 1. The van der Waals surface area contributed by atoms with Gasteiger partial charge in [0.05, 0.1) is 19.2 Å². The number of methoxy groups -OCH3 is 1. The van der Waals surface area contributed by atoms with Gasteiger partial charge in [0.25, 0.3) is 0 Å². The number of hydrogen-bond acceptors (Lipinski definition) is 4. The van der Waals surface area contributed by atoms with Crippen molar-refractivity contribution >= 4 is 5.97 Å². The predicted molar refractivity (Wildman–Crippen MR) is 72.9 cm³/mol. The molecule has 1 atom stereocenters. The van der Waals surface area contributed by atoms with E-state index in [4.69, 9.17) is 4.42 Å². The van der Waals surface area contributed by atoms with Gasteiger partial charge in [-0.3, -0.25) is 0 Å². The van der Waals surface area contributed by atoms with Crippen LogP contribution in [0.1, 0.15) is 55.1 Å². The topological polar surface area (TPSA) is 51.5 Å². The minimum absolute atomic E-state index is 0.352. The number of nitrogens with one attached hydrogen (secondary N) is 1. The molecular weight excluding hydrogens is 242 g/mol. The van der Waals surface area contributed by atoms with E-state index in [1.54, 1.807) is 6.07 Å². The molecule has 1 heterocycles. The van der Waals surface area contributed by atoms with Crippen LogP contribution in [0.25, 0.3) is 0 Å². The number of ether oxygens (including phenoxy) is 1. The van der Waals surface area contributed by atoms with E-state index >= 15 is 0 Å². The molecule has 4 nitrogen and oxygen atoms in total. The van der Waals surface area contributed by atoms with Crippen LogP contribution in [0.15, 0.2) is 16.7 Å². The molecule has 1 aromatic heterocycles. The highest BCUT2D eigenvalue weighted by Crippen LogP contribution is 2.26. The lowest BCUT2D eigenvalue weighted by Crippen LogP contribution is -2.34. The first kappa shape index (κ1) is 14.1. The van der Waals surface area contributed by atoms with Crippen molar-refractivity contribution < 1.29 is 13.9 Å². The first-order valence-corrected chi connectivity index (χ1v) is 7.10. The van der Waals surface area contributed by atoms with Crippen LogP contribution >= 0.6 is 0 Å². The lowest BCUT2D eigenvalue weighted by Gasteiger charge is -2.28. The summed E-state index contributed by atoms with van der Waals surface area (Å²) in [6.07, 6.45) is 8.17. The van der Waals surface area contributed by atoms with Crippen LogP contribution in [-0.4, -0.2) is 19.1 Å². The molecule has 0 aromatic carbocycles. The van der Waals surface area contributed by atoms with E-state index in [1.807, 2.05) is 0 Å². The third-order valence-electron chi connectivity index (χ3n) is 4.03. The molecule has 0 aliphatic heterocycles. The van der Waals surface area contributed by atoms with Gasteiger partial charge in [-0.25, -0.2) is 4.79 Å². The van der Waals surface area contributed by atoms with Crippen molar-refractivity contribution in [3.63, 3.8) is 0 Å². The van der Waals surface area contributed by atoms with Crippen LogP contribution in [-0.2, 0) is 11.3 Å². The zero-order valence-corrected chi connectivity index (χ0v) is 11.8. The molecule has 1 aliphatic carbocycles. The Kier molecular flexibility index (Phi) is 5.02. The fourth-order valence-corrected chi connectivity index (χ4v) is 2.76. The van der Waals surface area contributed by atoms with Crippen molar-refractivity contribution in [2.24, 2.45) is 5.92 Å². The largest absolute Gasteiger partial charge is 0.467 e. The molecule has 4 heteroatoms. The van der Waals surface area contributed by atoms with Gasteiger partial charge in [0.2, 0.25) is 0 Å². The lowest BCUT2D eigenvalue weighted by atomic mass is 9.84. The number of rotatable bonds is 5. The quantitative estimate of drug-likeness (QED) is 0.831. The fourth-order valence-electron chi connectivity index (χ4n) is 2.76. The molecule has 0 spiro atoms. The second-order valence-corrected chi connectivity index (χ2v) is 5.36. The predicted octanol–water partition coefficient (Wildman–Crippen LogP) is 3.12. The minimum atomic E-state index is -0.352. The van der Waals surface area contributed by atoms with Crippen LogP contribution in [0, 0.1) is 5.92 Å². The van der Waals surface area contributed by atoms with Gasteiger partial charge in [0.1, 0.15) is 12.0 Å². The molecule has 1 fully saturated rings. The number of hydrogen-bond donors (Lipinski definition) is 1. The Morgan fingerprint density at radius 1 is 1.47 bits per heavy atom. The summed E-state index contributed by atoms with van der Waals surface area (Å²) in [5, 5.41) is 3.49. The summed E-state index contributed by atoms with van der Waals surface area (Å²) in [6.45, 7) is 2.90. The van der Waals surface area contributed by atoms with Gasteiger partial charge < -0.3 is 14.5 Å². The maximum Gasteiger partial charge on any atom is 0.341 e. The van der Waals surface area contributed by atoms with Gasteiger partial charge in [-0.1, -0.05) is 19.3 Å². The molecule has 106 valence electrons. The van der Waals surface area contributed by atoms with E-state index in [0.717, 1.165) is 11.7 Å². The van der Waals surface area contributed by atoms with Crippen molar-refractivity contribution in [1.29, 1.82) is 0 Å². The summed E-state index contributed by atoms with van der Waals surface area (Å²) in [6, 6.07) is 2.24. The Morgan fingerprint density at radius 3 is 2.89 bits per heavy atom. The number of carbonyl (C=O) groups is 1. The number of carbonyl (C=O) groups excluding carboxylic acids is 1. The Bertz CT molecular complexity index is 407. The second kappa shape index (κ2) is 6.75. The van der Waals surface area contributed by atoms with Crippen LogP contribution in [0.5, 0.6) is 0 Å². The standard InChI is InChI=1S/C15H23NO3/c1-11(12-6-4-3-5-7-12)16-9-14-8-13(10-19-14)15(17)18-2/h8,10-12,16H,3-7,9H2,1-2H3/t11-/m1/s1. The number of esters is 1. The van der Waals surface area contributed by atoms with E-state index in [9.17, 15) is 4.79 Å². The van der Waals surface area contributed by atoms with Crippen molar-refractivity contribution in [2.45, 2.75) is 51.6 Å². The molecule has 0 amide bonds. The van der Waals surface area contributed by atoms with E-state index in [2.05, 4.69) is 17.0 Å². The fraction of sp³-hybridized carbons (Fsp3) is 0.667. The minimum Gasteiger partial charge on any atom is -0.467 e. The Balaban J connectivity index is 1.81. The highest BCUT2D eigenvalue weighted by atomic mass is 16.5. The van der Waals surface area contributed by atoms with Gasteiger partial charge in [-0.15, -0.1) is 0 Å².